The van der Waals surface area contributed by atoms with Crippen molar-refractivity contribution in [2.24, 2.45) is 0 Å². The summed E-state index contributed by atoms with van der Waals surface area (Å²) < 4.78 is 0. The molecule has 0 radical (unpaired) electrons. The molecule has 1 fully saturated rings. The van der Waals surface area contributed by atoms with Gasteiger partial charge in [-0.3, -0.25) is 4.90 Å². The molecule has 0 spiro atoms. The van der Waals surface area contributed by atoms with Gasteiger partial charge in [-0.2, -0.15) is 0 Å². The third-order valence-electron chi connectivity index (χ3n) is 4.41. The predicted octanol–water partition coefficient (Wildman–Crippen LogP) is 3.25. The highest BCUT2D eigenvalue weighted by Crippen LogP contribution is 2.39. The summed E-state index contributed by atoms with van der Waals surface area (Å²) in [6.45, 7) is 3.59. The first kappa shape index (κ1) is 11.1. The Morgan fingerprint density at radius 3 is 2.88 bits per heavy atom. The van der Waals surface area contributed by atoms with Crippen LogP contribution in [0.25, 0.3) is 0 Å². The fourth-order valence-electron chi connectivity index (χ4n) is 3.54. The van der Waals surface area contributed by atoms with E-state index in [1.807, 2.05) is 12.1 Å². The van der Waals surface area contributed by atoms with Crippen LogP contribution >= 0.6 is 0 Å². The number of nitrogens with zero attached hydrogens (tertiary/aromatic N) is 1. The summed E-state index contributed by atoms with van der Waals surface area (Å²) in [5, 5.41) is 9.58. The van der Waals surface area contributed by atoms with Crippen molar-refractivity contribution in [1.82, 2.24) is 4.90 Å². The molecule has 0 amide bonds. The van der Waals surface area contributed by atoms with Crippen molar-refractivity contribution in [2.45, 2.75) is 51.1 Å². The lowest BCUT2D eigenvalue weighted by atomic mass is 9.86. The van der Waals surface area contributed by atoms with Gasteiger partial charge < -0.3 is 5.11 Å². The number of hydrogen-bond acceptors (Lipinski definition) is 2. The highest BCUT2D eigenvalue weighted by atomic mass is 16.3. The van der Waals surface area contributed by atoms with Crippen molar-refractivity contribution >= 4 is 0 Å². The van der Waals surface area contributed by atoms with E-state index in [9.17, 15) is 5.11 Å². The van der Waals surface area contributed by atoms with E-state index >= 15 is 0 Å². The van der Waals surface area contributed by atoms with Gasteiger partial charge in [0.05, 0.1) is 0 Å². The number of rotatable bonds is 1. The molecule has 1 aromatic carbocycles. The lowest BCUT2D eigenvalue weighted by Crippen LogP contribution is -2.33. The zero-order chi connectivity index (χ0) is 11.8. The summed E-state index contributed by atoms with van der Waals surface area (Å²) in [7, 11) is 0. The minimum atomic E-state index is 0.416. The normalized spacial score (nSPS) is 29.2. The van der Waals surface area contributed by atoms with Crippen molar-refractivity contribution in [3.8, 4) is 5.75 Å². The lowest BCUT2D eigenvalue weighted by Gasteiger charge is -2.36. The van der Waals surface area contributed by atoms with Gasteiger partial charge in [0.2, 0.25) is 0 Å². The Balaban J connectivity index is 1.93. The van der Waals surface area contributed by atoms with E-state index in [0.29, 0.717) is 11.8 Å². The van der Waals surface area contributed by atoms with E-state index in [-0.39, 0.29) is 0 Å². The number of hydrogen-bond donors (Lipinski definition) is 1. The molecule has 2 atom stereocenters. The quantitative estimate of drug-likeness (QED) is 0.802. The molecule has 1 heterocycles. The molecule has 92 valence electrons. The van der Waals surface area contributed by atoms with Gasteiger partial charge in [0, 0.05) is 12.1 Å². The molecule has 1 aliphatic heterocycles. The van der Waals surface area contributed by atoms with Crippen molar-refractivity contribution in [3.05, 3.63) is 29.3 Å². The van der Waals surface area contributed by atoms with Gasteiger partial charge in [-0.25, -0.2) is 0 Å². The van der Waals surface area contributed by atoms with Crippen molar-refractivity contribution < 1.29 is 5.11 Å². The summed E-state index contributed by atoms with van der Waals surface area (Å²) in [5.41, 5.74) is 2.82. The molecule has 0 aromatic heterocycles. The highest BCUT2D eigenvalue weighted by Gasteiger charge is 2.31. The molecular formula is C15H21NO. The average molecular weight is 231 g/mol. The largest absolute Gasteiger partial charge is 0.508 e. The van der Waals surface area contributed by atoms with Gasteiger partial charge in [-0.05, 0) is 68.8 Å². The zero-order valence-electron chi connectivity index (χ0n) is 10.5. The number of likely N-dealkylation sites (tertiary alicyclic amines) is 1. The van der Waals surface area contributed by atoms with Crippen molar-refractivity contribution in [2.75, 3.05) is 6.54 Å². The van der Waals surface area contributed by atoms with Crippen LogP contribution in [0.1, 0.15) is 49.8 Å². The summed E-state index contributed by atoms with van der Waals surface area (Å²) in [6.07, 6.45) is 6.34. The molecule has 2 unspecified atom stereocenters. The van der Waals surface area contributed by atoms with E-state index in [1.165, 1.54) is 43.4 Å². The predicted molar refractivity (Wildman–Crippen MR) is 69.2 cm³/mol. The molecule has 1 N–H and O–H groups in total. The van der Waals surface area contributed by atoms with Gasteiger partial charge in [-0.15, -0.1) is 0 Å². The first-order valence-corrected chi connectivity index (χ1v) is 6.83. The SMILES string of the molecule is CC1CCCN1C1CCCc2cc(O)ccc21. The number of fused-ring (bicyclic) bond motifs is 1. The molecule has 0 saturated carbocycles. The maximum atomic E-state index is 9.58. The minimum Gasteiger partial charge on any atom is -0.508 e. The van der Waals surface area contributed by atoms with Crippen molar-refractivity contribution in [3.63, 3.8) is 0 Å². The van der Waals surface area contributed by atoms with Crippen LogP contribution < -0.4 is 0 Å². The average Bonchev–Trinajstić information content (AvgIpc) is 2.74. The standard InChI is InChI=1S/C15H21NO/c1-11-4-3-9-16(11)15-6-2-5-12-10-13(17)7-8-14(12)15/h7-8,10-11,15,17H,2-6,9H2,1H3. The minimum absolute atomic E-state index is 0.416. The number of phenolic OH excluding ortho intramolecular Hbond substituents is 1. The Morgan fingerprint density at radius 1 is 1.24 bits per heavy atom. The molecule has 3 rings (SSSR count). The van der Waals surface area contributed by atoms with Crippen LogP contribution in [0, 0.1) is 0 Å². The van der Waals surface area contributed by atoms with Gasteiger partial charge in [0.1, 0.15) is 5.75 Å². The fourth-order valence-corrected chi connectivity index (χ4v) is 3.54. The molecule has 2 aliphatic rings. The van der Waals surface area contributed by atoms with E-state index < -0.39 is 0 Å². The van der Waals surface area contributed by atoms with Crippen LogP contribution in [-0.4, -0.2) is 22.6 Å². The first-order chi connectivity index (χ1) is 8.25. The molecule has 0 bridgehead atoms. The Labute approximate surface area is 103 Å². The maximum absolute atomic E-state index is 9.58. The number of aryl methyl sites for hydroxylation is 1. The summed E-state index contributed by atoms with van der Waals surface area (Å²) in [6, 6.07) is 7.26. The Bertz CT molecular complexity index is 415. The fraction of sp³-hybridized carbons (Fsp3) is 0.600. The second-order valence-electron chi connectivity index (χ2n) is 5.52. The second kappa shape index (κ2) is 4.34. The number of benzene rings is 1. The Morgan fingerprint density at radius 2 is 2.12 bits per heavy atom. The summed E-state index contributed by atoms with van der Waals surface area (Å²) in [4.78, 5) is 2.66. The smallest absolute Gasteiger partial charge is 0.115 e. The van der Waals surface area contributed by atoms with Gasteiger partial charge in [0.25, 0.3) is 0 Å². The van der Waals surface area contributed by atoms with Crippen LogP contribution in [0.15, 0.2) is 18.2 Å². The second-order valence-corrected chi connectivity index (χ2v) is 5.52. The Kier molecular flexibility index (Phi) is 2.83. The van der Waals surface area contributed by atoms with Crippen LogP contribution in [0.3, 0.4) is 0 Å². The molecule has 2 heteroatoms. The molecular weight excluding hydrogens is 210 g/mol. The van der Waals surface area contributed by atoms with Gasteiger partial charge >= 0.3 is 0 Å². The molecule has 2 nitrogen and oxygen atoms in total. The van der Waals surface area contributed by atoms with Gasteiger partial charge in [0.15, 0.2) is 0 Å². The van der Waals surface area contributed by atoms with Crippen LogP contribution in [-0.2, 0) is 6.42 Å². The molecule has 17 heavy (non-hydrogen) atoms. The number of phenols is 1. The first-order valence-electron chi connectivity index (χ1n) is 6.83. The number of aromatic hydroxyl groups is 1. The molecule has 1 saturated heterocycles. The summed E-state index contributed by atoms with van der Waals surface area (Å²) >= 11 is 0. The van der Waals surface area contributed by atoms with E-state index in [4.69, 9.17) is 0 Å². The third-order valence-corrected chi connectivity index (χ3v) is 4.41. The topological polar surface area (TPSA) is 23.5 Å². The van der Waals surface area contributed by atoms with Gasteiger partial charge in [-0.1, -0.05) is 6.07 Å². The summed E-state index contributed by atoms with van der Waals surface area (Å²) in [5.74, 6) is 0.416. The van der Waals surface area contributed by atoms with E-state index in [0.717, 1.165) is 12.5 Å². The van der Waals surface area contributed by atoms with Crippen LogP contribution in [0.4, 0.5) is 0 Å². The Hall–Kier alpha value is -1.02. The third kappa shape index (κ3) is 1.95. The maximum Gasteiger partial charge on any atom is 0.115 e. The van der Waals surface area contributed by atoms with Crippen LogP contribution in [0.2, 0.25) is 0 Å². The van der Waals surface area contributed by atoms with Crippen LogP contribution in [0.5, 0.6) is 5.75 Å². The van der Waals surface area contributed by atoms with Crippen molar-refractivity contribution in [1.29, 1.82) is 0 Å². The van der Waals surface area contributed by atoms with E-state index in [1.54, 1.807) is 0 Å². The zero-order valence-corrected chi connectivity index (χ0v) is 10.5. The van der Waals surface area contributed by atoms with E-state index in [2.05, 4.69) is 17.9 Å². The molecule has 1 aromatic rings. The highest BCUT2D eigenvalue weighted by molar-refractivity contribution is 5.38. The molecule has 1 aliphatic carbocycles. The monoisotopic (exact) mass is 231 g/mol. The lowest BCUT2D eigenvalue weighted by molar-refractivity contribution is 0.172.